The molecule has 2 aliphatic carbocycles. The molecule has 25 heavy (non-hydrogen) atoms. The zero-order chi connectivity index (χ0) is 17.8. The molecule has 1 aromatic carbocycles. The lowest BCUT2D eigenvalue weighted by atomic mass is 9.71. The Bertz CT molecular complexity index is 669. The lowest BCUT2D eigenvalue weighted by molar-refractivity contribution is 0.159. The van der Waals surface area contributed by atoms with Gasteiger partial charge in [0.25, 0.3) is 0 Å². The molecule has 0 radical (unpaired) electrons. The first-order valence-electron chi connectivity index (χ1n) is 9.51. The molecule has 134 valence electrons. The Kier molecular flexibility index (Phi) is 5.93. The van der Waals surface area contributed by atoms with E-state index in [1.807, 2.05) is 0 Å². The third-order valence-corrected chi connectivity index (χ3v) is 5.63. The maximum Gasteiger partial charge on any atom is 0.0525 e. The second-order valence-corrected chi connectivity index (χ2v) is 7.58. The third-order valence-electron chi connectivity index (χ3n) is 5.63. The number of benzene rings is 1. The molecule has 1 aromatic rings. The Labute approximate surface area is 152 Å². The van der Waals surface area contributed by atoms with Crippen LogP contribution < -0.4 is 5.73 Å². The summed E-state index contributed by atoms with van der Waals surface area (Å²) in [4.78, 5) is 0. The van der Waals surface area contributed by atoms with Crippen molar-refractivity contribution in [3.05, 3.63) is 70.8 Å². The van der Waals surface area contributed by atoms with E-state index in [9.17, 15) is 0 Å². The molecule has 0 saturated heterocycles. The van der Waals surface area contributed by atoms with Crippen LogP contribution in [0, 0.1) is 11.8 Å². The highest BCUT2D eigenvalue weighted by Crippen LogP contribution is 2.42. The fourth-order valence-corrected chi connectivity index (χ4v) is 4.61. The molecule has 0 aromatic heterocycles. The number of fused-ring (bicyclic) bond motifs is 2. The van der Waals surface area contributed by atoms with E-state index in [0.29, 0.717) is 11.8 Å². The second kappa shape index (κ2) is 8.16. The Morgan fingerprint density at radius 1 is 1.24 bits per heavy atom. The van der Waals surface area contributed by atoms with Gasteiger partial charge >= 0.3 is 0 Å². The summed E-state index contributed by atoms with van der Waals surface area (Å²) in [7, 11) is 1.80. The predicted octanol–water partition coefficient (Wildman–Crippen LogP) is 4.82. The van der Waals surface area contributed by atoms with Crippen LogP contribution >= 0.6 is 0 Å². The zero-order valence-corrected chi connectivity index (χ0v) is 15.6. The summed E-state index contributed by atoms with van der Waals surface area (Å²) in [6.45, 7) is 7.35. The highest BCUT2D eigenvalue weighted by molar-refractivity contribution is 5.51. The maximum atomic E-state index is 6.50. The normalized spacial score (nSPS) is 30.2. The van der Waals surface area contributed by atoms with E-state index in [2.05, 4.69) is 49.9 Å². The maximum absolute atomic E-state index is 6.50. The Hall–Kier alpha value is -1.64. The monoisotopic (exact) mass is 337 g/mol. The molecule has 3 atom stereocenters. The SMILES string of the molecule is C=C1/C2=C\C(COC)CC(Cc3ccccc3)/C([C@H](C)N)=C\1CCC2. The number of nitrogens with two attached hydrogens (primary N) is 1. The van der Waals surface area contributed by atoms with E-state index in [1.165, 1.54) is 34.3 Å². The summed E-state index contributed by atoms with van der Waals surface area (Å²) >= 11 is 0. The molecular weight excluding hydrogens is 306 g/mol. The first kappa shape index (κ1) is 18.2. The molecule has 1 saturated carbocycles. The molecule has 2 aliphatic rings. The van der Waals surface area contributed by atoms with Gasteiger partial charge < -0.3 is 10.5 Å². The largest absolute Gasteiger partial charge is 0.384 e. The van der Waals surface area contributed by atoms with Crippen molar-refractivity contribution < 1.29 is 4.74 Å². The Morgan fingerprint density at radius 3 is 2.68 bits per heavy atom. The van der Waals surface area contributed by atoms with Gasteiger partial charge in [-0.1, -0.05) is 43.0 Å². The third kappa shape index (κ3) is 4.13. The Morgan fingerprint density at radius 2 is 2.00 bits per heavy atom. The van der Waals surface area contributed by atoms with Gasteiger partial charge in [-0.2, -0.15) is 0 Å². The van der Waals surface area contributed by atoms with Crippen molar-refractivity contribution in [2.75, 3.05) is 13.7 Å². The van der Waals surface area contributed by atoms with Crippen molar-refractivity contribution in [3.63, 3.8) is 0 Å². The molecule has 2 heteroatoms. The topological polar surface area (TPSA) is 35.2 Å². The smallest absolute Gasteiger partial charge is 0.0525 e. The van der Waals surface area contributed by atoms with Crippen molar-refractivity contribution in [1.29, 1.82) is 0 Å². The van der Waals surface area contributed by atoms with Crippen molar-refractivity contribution in [1.82, 2.24) is 0 Å². The first-order valence-corrected chi connectivity index (χ1v) is 9.51. The number of hydrogen-bond donors (Lipinski definition) is 1. The standard InChI is InChI=1S/C23H31NO/c1-16-20-10-7-11-22(16)23(17(2)24)21(14-19(13-20)15-25-3)12-18-8-5-4-6-9-18/h4-6,8-9,13,17,19,21H,1,7,10-12,14-15,24H2,2-3H3/b20-13-,23-22-/t17-,19?,21?/m0/s1. The van der Waals surface area contributed by atoms with Gasteiger partial charge in [0.15, 0.2) is 0 Å². The summed E-state index contributed by atoms with van der Waals surface area (Å²) in [6, 6.07) is 10.9. The van der Waals surface area contributed by atoms with Crippen LogP contribution in [0.1, 0.15) is 38.2 Å². The van der Waals surface area contributed by atoms with E-state index >= 15 is 0 Å². The van der Waals surface area contributed by atoms with Crippen LogP contribution in [0.3, 0.4) is 0 Å². The molecule has 2 nitrogen and oxygen atoms in total. The van der Waals surface area contributed by atoms with Crippen LogP contribution in [0.15, 0.2) is 65.3 Å². The van der Waals surface area contributed by atoms with Crippen LogP contribution in [0.25, 0.3) is 0 Å². The average Bonchev–Trinajstić information content (AvgIpc) is 2.59. The number of ether oxygens (including phenoxy) is 1. The minimum atomic E-state index is 0.0705. The highest BCUT2D eigenvalue weighted by Gasteiger charge is 2.30. The minimum absolute atomic E-state index is 0.0705. The molecular formula is C23H31NO. The molecule has 2 N–H and O–H groups in total. The molecule has 0 spiro atoms. The van der Waals surface area contributed by atoms with Crippen LogP contribution in [0.4, 0.5) is 0 Å². The summed E-state index contributed by atoms with van der Waals surface area (Å²) < 4.78 is 5.52. The number of allylic oxidation sites excluding steroid dienone is 3. The molecule has 0 amide bonds. The fraction of sp³-hybridized carbons (Fsp3) is 0.478. The van der Waals surface area contributed by atoms with E-state index in [-0.39, 0.29) is 6.04 Å². The minimum Gasteiger partial charge on any atom is -0.384 e. The lowest BCUT2D eigenvalue weighted by Crippen LogP contribution is -2.31. The van der Waals surface area contributed by atoms with E-state index in [1.54, 1.807) is 7.11 Å². The summed E-state index contributed by atoms with van der Waals surface area (Å²) in [5, 5.41) is 0. The van der Waals surface area contributed by atoms with Crippen LogP contribution in [0.5, 0.6) is 0 Å². The highest BCUT2D eigenvalue weighted by atomic mass is 16.5. The molecule has 0 heterocycles. The second-order valence-electron chi connectivity index (χ2n) is 7.58. The van der Waals surface area contributed by atoms with E-state index in [0.717, 1.165) is 32.3 Å². The molecule has 3 rings (SSSR count). The average molecular weight is 338 g/mol. The zero-order valence-electron chi connectivity index (χ0n) is 15.6. The van der Waals surface area contributed by atoms with Crippen molar-refractivity contribution in [3.8, 4) is 0 Å². The van der Waals surface area contributed by atoms with Gasteiger partial charge in [-0.05, 0) is 72.8 Å². The van der Waals surface area contributed by atoms with E-state index < -0.39 is 0 Å². The lowest BCUT2D eigenvalue weighted by Gasteiger charge is -2.35. The van der Waals surface area contributed by atoms with Gasteiger partial charge in [-0.25, -0.2) is 0 Å². The van der Waals surface area contributed by atoms with Gasteiger partial charge in [0.05, 0.1) is 6.61 Å². The molecule has 2 bridgehead atoms. The van der Waals surface area contributed by atoms with Gasteiger partial charge in [-0.3, -0.25) is 0 Å². The molecule has 2 unspecified atom stereocenters. The van der Waals surface area contributed by atoms with Gasteiger partial charge in [-0.15, -0.1) is 0 Å². The fourth-order valence-electron chi connectivity index (χ4n) is 4.61. The quantitative estimate of drug-likeness (QED) is 0.836. The van der Waals surface area contributed by atoms with Crippen LogP contribution in [-0.2, 0) is 11.2 Å². The number of rotatable bonds is 5. The summed E-state index contributed by atoms with van der Waals surface area (Å²) in [5.41, 5.74) is 13.4. The van der Waals surface area contributed by atoms with Crippen molar-refractivity contribution in [2.24, 2.45) is 17.6 Å². The summed E-state index contributed by atoms with van der Waals surface area (Å²) in [5.74, 6) is 0.879. The molecule has 0 aliphatic heterocycles. The Balaban J connectivity index is 2.02. The van der Waals surface area contributed by atoms with E-state index in [4.69, 9.17) is 10.5 Å². The first-order chi connectivity index (χ1) is 12.1. The van der Waals surface area contributed by atoms with Crippen molar-refractivity contribution in [2.45, 2.75) is 45.1 Å². The van der Waals surface area contributed by atoms with Crippen LogP contribution in [0.2, 0.25) is 0 Å². The van der Waals surface area contributed by atoms with Gasteiger partial charge in [0, 0.05) is 19.1 Å². The molecule has 1 fully saturated rings. The summed E-state index contributed by atoms with van der Waals surface area (Å²) in [6.07, 6.45) is 8.03. The van der Waals surface area contributed by atoms with Crippen LogP contribution in [-0.4, -0.2) is 19.8 Å². The number of hydrogen-bond acceptors (Lipinski definition) is 2. The predicted molar refractivity (Wildman–Crippen MR) is 105 cm³/mol. The van der Waals surface area contributed by atoms with Gasteiger partial charge in [0.1, 0.15) is 0 Å². The van der Waals surface area contributed by atoms with Crippen molar-refractivity contribution >= 4 is 0 Å². The van der Waals surface area contributed by atoms with Gasteiger partial charge in [0.2, 0.25) is 0 Å². The number of methoxy groups -OCH3 is 1.